The third kappa shape index (κ3) is 2.95. The van der Waals surface area contributed by atoms with E-state index < -0.39 is 17.5 Å². The topological polar surface area (TPSA) is 64.3 Å². The van der Waals surface area contributed by atoms with Gasteiger partial charge in [-0.25, -0.2) is 18.7 Å². The van der Waals surface area contributed by atoms with E-state index in [9.17, 15) is 14.3 Å². The van der Waals surface area contributed by atoms with Crippen molar-refractivity contribution in [2.45, 2.75) is 26.4 Å². The fraction of sp³-hybridized carbons (Fsp3) is 0.222. The predicted octanol–water partition coefficient (Wildman–Crippen LogP) is 4.33. The largest absolute Gasteiger partial charge is 0.507 e. The molecule has 1 aromatic heterocycles. The molecule has 124 valence electrons. The minimum absolute atomic E-state index is 0.197. The van der Waals surface area contributed by atoms with Gasteiger partial charge in [0.15, 0.2) is 5.82 Å². The third-order valence-corrected chi connectivity index (χ3v) is 3.34. The van der Waals surface area contributed by atoms with E-state index in [1.54, 1.807) is 45.0 Å². The van der Waals surface area contributed by atoms with E-state index in [0.29, 0.717) is 11.0 Å². The zero-order valence-corrected chi connectivity index (χ0v) is 13.6. The molecule has 0 amide bonds. The number of phenols is 1. The molecule has 0 atom stereocenters. The van der Waals surface area contributed by atoms with Crippen LogP contribution in [0.1, 0.15) is 20.8 Å². The summed E-state index contributed by atoms with van der Waals surface area (Å²) in [7, 11) is 0. The van der Waals surface area contributed by atoms with Crippen LogP contribution in [0.2, 0.25) is 0 Å². The molecule has 0 saturated carbocycles. The molecule has 0 bridgehead atoms. The number of halogens is 1. The van der Waals surface area contributed by atoms with Crippen LogP contribution in [0.15, 0.2) is 42.5 Å². The van der Waals surface area contributed by atoms with Gasteiger partial charge in [0, 0.05) is 6.07 Å². The fourth-order valence-electron chi connectivity index (χ4n) is 2.39. The van der Waals surface area contributed by atoms with Gasteiger partial charge in [-0.05, 0) is 45.0 Å². The van der Waals surface area contributed by atoms with Gasteiger partial charge in [-0.2, -0.15) is 0 Å². The monoisotopic (exact) mass is 328 g/mol. The highest BCUT2D eigenvalue weighted by Crippen LogP contribution is 2.32. The Morgan fingerprint density at radius 2 is 1.92 bits per heavy atom. The van der Waals surface area contributed by atoms with E-state index in [0.717, 1.165) is 6.07 Å². The summed E-state index contributed by atoms with van der Waals surface area (Å²) in [5, 5.41) is 10.1. The molecule has 0 saturated heterocycles. The Morgan fingerprint density at radius 3 is 2.58 bits per heavy atom. The molecule has 6 heteroatoms. The zero-order valence-electron chi connectivity index (χ0n) is 13.6. The summed E-state index contributed by atoms with van der Waals surface area (Å²) >= 11 is 0. The van der Waals surface area contributed by atoms with Crippen LogP contribution in [0.25, 0.3) is 22.4 Å². The highest BCUT2D eigenvalue weighted by Gasteiger charge is 2.25. The van der Waals surface area contributed by atoms with Crippen molar-refractivity contribution in [2.24, 2.45) is 0 Å². The van der Waals surface area contributed by atoms with Crippen molar-refractivity contribution in [2.75, 3.05) is 0 Å². The van der Waals surface area contributed by atoms with E-state index in [2.05, 4.69) is 4.98 Å². The lowest BCUT2D eigenvalue weighted by atomic mass is 10.2. The summed E-state index contributed by atoms with van der Waals surface area (Å²) in [6.07, 6.45) is -0.616. The highest BCUT2D eigenvalue weighted by atomic mass is 19.1. The van der Waals surface area contributed by atoms with Crippen molar-refractivity contribution >= 4 is 17.1 Å². The van der Waals surface area contributed by atoms with Crippen molar-refractivity contribution in [3.8, 4) is 17.1 Å². The first-order valence-electron chi connectivity index (χ1n) is 7.46. The Bertz CT molecular complexity index is 926. The van der Waals surface area contributed by atoms with E-state index in [4.69, 9.17) is 4.74 Å². The van der Waals surface area contributed by atoms with Gasteiger partial charge in [0.05, 0.1) is 16.6 Å². The molecule has 0 aliphatic carbocycles. The summed E-state index contributed by atoms with van der Waals surface area (Å²) in [6.45, 7) is 5.29. The second-order valence-electron chi connectivity index (χ2n) is 6.40. The van der Waals surface area contributed by atoms with Gasteiger partial charge in [-0.1, -0.05) is 12.1 Å². The number of carbonyl (C=O) groups is 1. The number of aromatic nitrogens is 2. The average Bonchev–Trinajstić information content (AvgIpc) is 2.84. The molecule has 24 heavy (non-hydrogen) atoms. The molecule has 1 N–H and O–H groups in total. The SMILES string of the molecule is CC(C)(C)OC(=O)n1c(-c2ccc(F)cc2O)nc2ccccc21. The van der Waals surface area contributed by atoms with Crippen molar-refractivity contribution in [3.05, 3.63) is 48.3 Å². The minimum Gasteiger partial charge on any atom is -0.507 e. The number of fused-ring (bicyclic) bond motifs is 1. The fourth-order valence-corrected chi connectivity index (χ4v) is 2.39. The summed E-state index contributed by atoms with van der Waals surface area (Å²) in [6, 6.07) is 10.6. The van der Waals surface area contributed by atoms with E-state index in [1.807, 2.05) is 0 Å². The molecule has 0 unspecified atom stereocenters. The van der Waals surface area contributed by atoms with Crippen LogP contribution in [0.3, 0.4) is 0 Å². The lowest BCUT2D eigenvalue weighted by Gasteiger charge is -2.20. The van der Waals surface area contributed by atoms with Crippen molar-refractivity contribution in [1.82, 2.24) is 9.55 Å². The number of imidazole rings is 1. The Balaban J connectivity index is 2.24. The van der Waals surface area contributed by atoms with Crippen molar-refractivity contribution in [3.63, 3.8) is 0 Å². The molecule has 0 fully saturated rings. The smallest absolute Gasteiger partial charge is 0.420 e. The number of nitrogens with zero attached hydrogens (tertiary/aromatic N) is 2. The normalized spacial score (nSPS) is 11.7. The average molecular weight is 328 g/mol. The predicted molar refractivity (Wildman–Crippen MR) is 88.4 cm³/mol. The molecule has 1 heterocycles. The van der Waals surface area contributed by atoms with E-state index in [1.165, 1.54) is 16.7 Å². The van der Waals surface area contributed by atoms with Crippen LogP contribution >= 0.6 is 0 Å². The lowest BCUT2D eigenvalue weighted by molar-refractivity contribution is 0.0546. The van der Waals surface area contributed by atoms with Gasteiger partial charge >= 0.3 is 6.09 Å². The Kier molecular flexibility index (Phi) is 3.75. The second kappa shape index (κ2) is 5.63. The Hall–Kier alpha value is -2.89. The lowest BCUT2D eigenvalue weighted by Crippen LogP contribution is -2.27. The van der Waals surface area contributed by atoms with Gasteiger partial charge in [0.2, 0.25) is 0 Å². The number of rotatable bonds is 1. The van der Waals surface area contributed by atoms with Crippen LogP contribution in [-0.4, -0.2) is 26.4 Å². The molecular formula is C18H17FN2O3. The highest BCUT2D eigenvalue weighted by molar-refractivity contribution is 5.92. The zero-order chi connectivity index (χ0) is 17.5. The summed E-state index contributed by atoms with van der Waals surface area (Å²) in [4.78, 5) is 17.1. The van der Waals surface area contributed by atoms with Crippen LogP contribution in [0.5, 0.6) is 5.75 Å². The number of carbonyl (C=O) groups excluding carboxylic acids is 1. The Morgan fingerprint density at radius 1 is 1.21 bits per heavy atom. The van der Waals surface area contributed by atoms with Gasteiger partial charge in [-0.3, -0.25) is 0 Å². The van der Waals surface area contributed by atoms with Crippen molar-refractivity contribution in [1.29, 1.82) is 0 Å². The standard InChI is InChI=1S/C18H17FN2O3/c1-18(2,3)24-17(23)21-14-7-5-4-6-13(14)20-16(21)12-9-8-11(19)10-15(12)22/h4-10,22H,1-3H3. The number of para-hydroxylation sites is 2. The van der Waals surface area contributed by atoms with Gasteiger partial charge in [0.25, 0.3) is 0 Å². The minimum atomic E-state index is -0.690. The molecule has 0 aliphatic rings. The molecule has 0 radical (unpaired) electrons. The third-order valence-electron chi connectivity index (χ3n) is 3.34. The summed E-state index contributed by atoms with van der Waals surface area (Å²) in [5.74, 6) is -0.672. The molecule has 5 nitrogen and oxygen atoms in total. The first-order chi connectivity index (χ1) is 11.3. The van der Waals surface area contributed by atoms with E-state index in [-0.39, 0.29) is 17.1 Å². The van der Waals surface area contributed by atoms with Gasteiger partial charge in [-0.15, -0.1) is 0 Å². The van der Waals surface area contributed by atoms with Crippen molar-refractivity contribution < 1.29 is 19.0 Å². The Labute approximate surface area is 138 Å². The second-order valence-corrected chi connectivity index (χ2v) is 6.40. The number of ether oxygens (including phenoxy) is 1. The number of benzene rings is 2. The number of phenolic OH excluding ortho intramolecular Hbond substituents is 1. The first-order valence-corrected chi connectivity index (χ1v) is 7.46. The van der Waals surface area contributed by atoms with Crippen LogP contribution in [0.4, 0.5) is 9.18 Å². The molecule has 2 aromatic carbocycles. The van der Waals surface area contributed by atoms with Gasteiger partial charge in [0.1, 0.15) is 17.2 Å². The maximum Gasteiger partial charge on any atom is 0.420 e. The van der Waals surface area contributed by atoms with Gasteiger partial charge < -0.3 is 9.84 Å². The van der Waals surface area contributed by atoms with Crippen LogP contribution < -0.4 is 0 Å². The molecule has 3 aromatic rings. The maximum atomic E-state index is 13.3. The van der Waals surface area contributed by atoms with Crippen LogP contribution in [-0.2, 0) is 4.74 Å². The summed E-state index contributed by atoms with van der Waals surface area (Å²) < 4.78 is 20.0. The molecular weight excluding hydrogens is 311 g/mol. The summed E-state index contributed by atoms with van der Waals surface area (Å²) in [5.41, 5.74) is 0.677. The van der Waals surface area contributed by atoms with E-state index >= 15 is 0 Å². The molecule has 0 spiro atoms. The first kappa shape index (κ1) is 16.0. The molecule has 3 rings (SSSR count). The number of aromatic hydroxyl groups is 1. The van der Waals surface area contributed by atoms with Crippen LogP contribution in [0, 0.1) is 5.82 Å². The quantitative estimate of drug-likeness (QED) is 0.722. The molecule has 0 aliphatic heterocycles. The number of hydrogen-bond donors (Lipinski definition) is 1. The number of hydrogen-bond acceptors (Lipinski definition) is 4. The maximum absolute atomic E-state index is 13.3.